The number of ether oxygens (including phenoxy) is 1. The molecule has 21 heavy (non-hydrogen) atoms. The average Bonchev–Trinajstić information content (AvgIpc) is 2.80. The van der Waals surface area contributed by atoms with E-state index in [-0.39, 0.29) is 10.8 Å². The number of aromatic nitrogens is 1. The summed E-state index contributed by atoms with van der Waals surface area (Å²) >= 11 is 0.964. The Kier molecular flexibility index (Phi) is 4.24. The van der Waals surface area contributed by atoms with Crippen LogP contribution in [-0.2, 0) is 14.8 Å². The molecule has 0 saturated carbocycles. The van der Waals surface area contributed by atoms with Crippen molar-refractivity contribution in [3.63, 3.8) is 0 Å². The summed E-state index contributed by atoms with van der Waals surface area (Å²) in [7, 11) is -2.32. The molecule has 0 amide bonds. The summed E-state index contributed by atoms with van der Waals surface area (Å²) in [5.74, 6) is -1.12. The highest BCUT2D eigenvalue weighted by atomic mass is 32.2. The summed E-state index contributed by atoms with van der Waals surface area (Å²) in [6.07, 6.45) is 0.976. The molecule has 0 unspecified atom stereocenters. The van der Waals surface area contributed by atoms with Gasteiger partial charge in [0.2, 0.25) is 10.0 Å². The third kappa shape index (κ3) is 3.76. The van der Waals surface area contributed by atoms with Gasteiger partial charge in [-0.15, -0.1) is 0 Å². The molecule has 0 radical (unpaired) electrons. The summed E-state index contributed by atoms with van der Waals surface area (Å²) in [6, 6.07) is 5.42. The van der Waals surface area contributed by atoms with Crippen molar-refractivity contribution in [1.29, 1.82) is 0 Å². The number of rotatable bonds is 4. The lowest BCUT2D eigenvalue weighted by Gasteiger charge is -2.00. The SMILES string of the molecule is COC(=O)c1nc(NS(C)(=O)=O)sc1-c1ccc(F)cc1. The molecular formula is C12H11FN2O4S2. The standard InChI is InChI=1S/C12H11FN2O4S2/c1-19-11(16)9-10(7-3-5-8(13)6-4-7)20-12(14-9)15-21(2,17)18/h3-6H,1-2H3,(H,14,15). The Bertz CT molecular complexity index is 769. The summed E-state index contributed by atoms with van der Waals surface area (Å²) in [4.78, 5) is 16.0. The van der Waals surface area contributed by atoms with E-state index in [2.05, 4.69) is 14.4 Å². The number of benzene rings is 1. The number of hydrogen-bond acceptors (Lipinski definition) is 6. The lowest BCUT2D eigenvalue weighted by molar-refractivity contribution is 0.0596. The molecule has 0 fully saturated rings. The number of sulfonamides is 1. The van der Waals surface area contributed by atoms with Crippen molar-refractivity contribution in [2.24, 2.45) is 0 Å². The van der Waals surface area contributed by atoms with Crippen LogP contribution in [-0.4, -0.2) is 32.7 Å². The number of halogens is 1. The quantitative estimate of drug-likeness (QED) is 0.868. The van der Waals surface area contributed by atoms with Crippen molar-refractivity contribution in [1.82, 2.24) is 4.98 Å². The maximum Gasteiger partial charge on any atom is 0.358 e. The molecule has 1 heterocycles. The summed E-state index contributed by atoms with van der Waals surface area (Å²) in [5, 5.41) is 0.0391. The second-order valence-electron chi connectivity index (χ2n) is 4.07. The van der Waals surface area contributed by atoms with Crippen LogP contribution < -0.4 is 4.72 Å². The van der Waals surface area contributed by atoms with Crippen molar-refractivity contribution in [3.8, 4) is 10.4 Å². The molecule has 1 N–H and O–H groups in total. The number of esters is 1. The van der Waals surface area contributed by atoms with Crippen LogP contribution in [0.15, 0.2) is 24.3 Å². The van der Waals surface area contributed by atoms with E-state index in [1.165, 1.54) is 31.4 Å². The number of carbonyl (C=O) groups excluding carboxylic acids is 1. The van der Waals surface area contributed by atoms with Crippen LogP contribution in [0.25, 0.3) is 10.4 Å². The molecule has 0 aliphatic carbocycles. The van der Waals surface area contributed by atoms with Gasteiger partial charge in [0.05, 0.1) is 18.2 Å². The largest absolute Gasteiger partial charge is 0.464 e. The number of anilines is 1. The zero-order valence-corrected chi connectivity index (χ0v) is 12.7. The Hall–Kier alpha value is -2.00. The lowest BCUT2D eigenvalue weighted by atomic mass is 10.1. The molecule has 2 rings (SSSR count). The van der Waals surface area contributed by atoms with E-state index in [9.17, 15) is 17.6 Å². The van der Waals surface area contributed by atoms with Gasteiger partial charge < -0.3 is 4.74 Å². The van der Waals surface area contributed by atoms with Gasteiger partial charge in [-0.2, -0.15) is 0 Å². The first-order valence-electron chi connectivity index (χ1n) is 5.63. The van der Waals surface area contributed by atoms with E-state index in [0.717, 1.165) is 17.6 Å². The fourth-order valence-electron chi connectivity index (χ4n) is 1.55. The van der Waals surface area contributed by atoms with E-state index in [4.69, 9.17) is 0 Å². The topological polar surface area (TPSA) is 85.4 Å². The highest BCUT2D eigenvalue weighted by Crippen LogP contribution is 2.34. The number of carbonyl (C=O) groups is 1. The van der Waals surface area contributed by atoms with Crippen LogP contribution in [0.2, 0.25) is 0 Å². The van der Waals surface area contributed by atoms with Gasteiger partial charge in [0.15, 0.2) is 10.8 Å². The van der Waals surface area contributed by atoms with Gasteiger partial charge >= 0.3 is 5.97 Å². The van der Waals surface area contributed by atoms with Crippen LogP contribution in [0.4, 0.5) is 9.52 Å². The lowest BCUT2D eigenvalue weighted by Crippen LogP contribution is -2.10. The summed E-state index contributed by atoms with van der Waals surface area (Å²) < 4.78 is 42.2. The molecule has 9 heteroatoms. The van der Waals surface area contributed by atoms with Crippen LogP contribution in [0.5, 0.6) is 0 Å². The smallest absolute Gasteiger partial charge is 0.358 e. The molecule has 0 atom stereocenters. The monoisotopic (exact) mass is 330 g/mol. The Labute approximate surface area is 124 Å². The van der Waals surface area contributed by atoms with Gasteiger partial charge in [-0.1, -0.05) is 23.5 Å². The minimum Gasteiger partial charge on any atom is -0.464 e. The van der Waals surface area contributed by atoms with Gasteiger partial charge in [0, 0.05) is 0 Å². The molecule has 1 aromatic carbocycles. The minimum absolute atomic E-state index is 0.0275. The zero-order valence-electron chi connectivity index (χ0n) is 11.1. The molecule has 0 spiro atoms. The third-order valence-electron chi connectivity index (χ3n) is 2.39. The van der Waals surface area contributed by atoms with Gasteiger partial charge in [-0.3, -0.25) is 4.72 Å². The third-order valence-corrected chi connectivity index (χ3v) is 4.10. The predicted octanol–water partition coefficient (Wildman–Crippen LogP) is 2.11. The van der Waals surface area contributed by atoms with E-state index in [1.54, 1.807) is 0 Å². The van der Waals surface area contributed by atoms with Crippen molar-refractivity contribution in [2.75, 3.05) is 18.1 Å². The zero-order chi connectivity index (χ0) is 15.6. The summed E-state index contributed by atoms with van der Waals surface area (Å²) in [5.41, 5.74) is 0.510. The van der Waals surface area contributed by atoms with Crippen molar-refractivity contribution in [2.45, 2.75) is 0 Å². The first-order chi connectivity index (χ1) is 9.80. The Morgan fingerprint density at radius 1 is 1.33 bits per heavy atom. The number of thiazole rings is 1. The Balaban J connectivity index is 2.52. The van der Waals surface area contributed by atoms with E-state index >= 15 is 0 Å². The number of nitrogens with one attached hydrogen (secondary N) is 1. The van der Waals surface area contributed by atoms with Gasteiger partial charge in [-0.05, 0) is 17.7 Å². The fraction of sp³-hybridized carbons (Fsp3) is 0.167. The van der Waals surface area contributed by atoms with Crippen LogP contribution in [0.1, 0.15) is 10.5 Å². The molecule has 0 saturated heterocycles. The molecular weight excluding hydrogens is 319 g/mol. The van der Waals surface area contributed by atoms with Crippen molar-refractivity contribution >= 4 is 32.5 Å². The minimum atomic E-state index is -3.52. The van der Waals surface area contributed by atoms with Crippen LogP contribution >= 0.6 is 11.3 Å². The van der Waals surface area contributed by atoms with Crippen LogP contribution in [0, 0.1) is 5.82 Å². The van der Waals surface area contributed by atoms with Crippen molar-refractivity contribution in [3.05, 3.63) is 35.8 Å². The maximum absolute atomic E-state index is 13.0. The van der Waals surface area contributed by atoms with Crippen molar-refractivity contribution < 1.29 is 22.3 Å². The highest BCUT2D eigenvalue weighted by Gasteiger charge is 2.21. The van der Waals surface area contributed by atoms with Crippen LogP contribution in [0.3, 0.4) is 0 Å². The van der Waals surface area contributed by atoms with Gasteiger partial charge in [-0.25, -0.2) is 22.6 Å². The average molecular weight is 330 g/mol. The van der Waals surface area contributed by atoms with E-state index < -0.39 is 21.8 Å². The second kappa shape index (κ2) is 5.78. The number of methoxy groups -OCH3 is 1. The number of nitrogens with zero attached hydrogens (tertiary/aromatic N) is 1. The molecule has 2 aromatic rings. The Morgan fingerprint density at radius 2 is 1.95 bits per heavy atom. The molecule has 1 aromatic heterocycles. The molecule has 6 nitrogen and oxygen atoms in total. The first-order valence-corrected chi connectivity index (χ1v) is 8.34. The predicted molar refractivity (Wildman–Crippen MR) is 77.3 cm³/mol. The second-order valence-corrected chi connectivity index (χ2v) is 6.82. The summed E-state index contributed by atoms with van der Waals surface area (Å²) in [6.45, 7) is 0. The molecule has 0 aliphatic rings. The molecule has 0 aliphatic heterocycles. The van der Waals surface area contributed by atoms with Gasteiger partial charge in [0.1, 0.15) is 5.82 Å². The molecule has 0 bridgehead atoms. The van der Waals surface area contributed by atoms with E-state index in [1.807, 2.05) is 0 Å². The Morgan fingerprint density at radius 3 is 2.48 bits per heavy atom. The normalized spacial score (nSPS) is 11.2. The van der Waals surface area contributed by atoms with E-state index in [0.29, 0.717) is 10.4 Å². The molecule has 112 valence electrons. The van der Waals surface area contributed by atoms with Gasteiger partial charge in [0.25, 0.3) is 0 Å². The fourth-order valence-corrected chi connectivity index (χ4v) is 3.35. The number of hydrogen-bond donors (Lipinski definition) is 1. The maximum atomic E-state index is 13.0. The highest BCUT2D eigenvalue weighted by molar-refractivity contribution is 7.92. The first kappa shape index (κ1) is 15.4.